The molecule has 1 saturated carbocycles. The summed E-state index contributed by atoms with van der Waals surface area (Å²) in [5.74, 6) is 1.09. The van der Waals surface area contributed by atoms with Gasteiger partial charge in [0.25, 0.3) is 0 Å². The lowest BCUT2D eigenvalue weighted by molar-refractivity contribution is 0.168. The summed E-state index contributed by atoms with van der Waals surface area (Å²) in [5.41, 5.74) is 1.42. The molecule has 0 spiro atoms. The van der Waals surface area contributed by atoms with Crippen LogP contribution in [0.15, 0.2) is 21.8 Å². The fourth-order valence-corrected chi connectivity index (χ4v) is 3.74. The van der Waals surface area contributed by atoms with Gasteiger partial charge in [0.05, 0.1) is 5.69 Å². The molecule has 134 valence electrons. The summed E-state index contributed by atoms with van der Waals surface area (Å²) in [6.45, 7) is 11.4. The molecule has 0 atom stereocenters. The van der Waals surface area contributed by atoms with Gasteiger partial charge in [-0.3, -0.25) is 9.89 Å². The van der Waals surface area contributed by atoms with Crippen molar-refractivity contribution < 1.29 is 4.52 Å². The van der Waals surface area contributed by atoms with Crippen LogP contribution in [0.4, 0.5) is 0 Å². The Balaban J connectivity index is 1.53. The van der Waals surface area contributed by atoms with Gasteiger partial charge in [0, 0.05) is 51.9 Å². The third kappa shape index (κ3) is 4.50. The Bertz CT molecular complexity index is 514. The second kappa shape index (κ2) is 8.01. The number of aromatic nitrogens is 1. The van der Waals surface area contributed by atoms with Crippen molar-refractivity contribution in [3.63, 3.8) is 0 Å². The van der Waals surface area contributed by atoms with Crippen LogP contribution < -0.4 is 5.32 Å². The first-order valence-electron chi connectivity index (χ1n) is 9.33. The van der Waals surface area contributed by atoms with Crippen molar-refractivity contribution in [3.8, 4) is 0 Å². The maximum Gasteiger partial charge on any atom is 0.194 e. The lowest BCUT2D eigenvalue weighted by Crippen LogP contribution is -2.52. The molecule has 1 N–H and O–H groups in total. The number of piperazine rings is 1. The summed E-state index contributed by atoms with van der Waals surface area (Å²) in [7, 11) is 0. The lowest BCUT2D eigenvalue weighted by atomic mass is 9.89. The number of hydrogen-bond donors (Lipinski definition) is 1. The molecule has 0 aromatic carbocycles. The Kier molecular flexibility index (Phi) is 5.76. The molecule has 0 amide bonds. The number of hydrogen-bond acceptors (Lipinski definition) is 4. The smallest absolute Gasteiger partial charge is 0.194 e. The normalized spacial score (nSPS) is 22.1. The largest absolute Gasteiger partial charge is 0.364 e. The second-order valence-electron chi connectivity index (χ2n) is 7.44. The molecular formula is C18H31N5O. The molecule has 1 aliphatic carbocycles. The van der Waals surface area contributed by atoms with E-state index in [-0.39, 0.29) is 0 Å². The van der Waals surface area contributed by atoms with Crippen LogP contribution >= 0.6 is 0 Å². The number of aliphatic imine (C=N–C) groups is 1. The van der Waals surface area contributed by atoms with E-state index >= 15 is 0 Å². The minimum Gasteiger partial charge on any atom is -0.364 e. The van der Waals surface area contributed by atoms with Crippen molar-refractivity contribution in [1.82, 2.24) is 20.3 Å². The molecule has 0 unspecified atom stereocenters. The standard InChI is InChI=1S/C18H31N5O/c1-3-19-17(20-15-18(2)7-4-5-8-18)23-11-9-22(10-12-23)14-16-6-13-24-21-16/h6,13H,3-5,7-12,14-15H2,1-2H3,(H,19,20). The quantitative estimate of drug-likeness (QED) is 0.662. The van der Waals surface area contributed by atoms with Gasteiger partial charge in [-0.25, -0.2) is 0 Å². The molecule has 1 aromatic rings. The third-order valence-corrected chi connectivity index (χ3v) is 5.30. The third-order valence-electron chi connectivity index (χ3n) is 5.30. The highest BCUT2D eigenvalue weighted by atomic mass is 16.5. The van der Waals surface area contributed by atoms with Gasteiger partial charge in [0.15, 0.2) is 5.96 Å². The molecule has 2 heterocycles. The van der Waals surface area contributed by atoms with E-state index in [1.54, 1.807) is 6.26 Å². The predicted octanol–water partition coefficient (Wildman–Crippen LogP) is 2.34. The summed E-state index contributed by atoms with van der Waals surface area (Å²) < 4.78 is 4.92. The zero-order valence-electron chi connectivity index (χ0n) is 15.1. The van der Waals surface area contributed by atoms with Crippen molar-refractivity contribution in [3.05, 3.63) is 18.0 Å². The van der Waals surface area contributed by atoms with Crippen LogP contribution in [0.5, 0.6) is 0 Å². The van der Waals surface area contributed by atoms with Gasteiger partial charge in [-0.1, -0.05) is 24.9 Å². The average Bonchev–Trinajstić information content (AvgIpc) is 3.25. The van der Waals surface area contributed by atoms with Crippen LogP contribution in [0, 0.1) is 5.41 Å². The van der Waals surface area contributed by atoms with Crippen molar-refractivity contribution in [2.75, 3.05) is 39.3 Å². The minimum atomic E-state index is 0.412. The van der Waals surface area contributed by atoms with Crippen molar-refractivity contribution in [2.24, 2.45) is 10.4 Å². The van der Waals surface area contributed by atoms with E-state index in [1.807, 2.05) is 6.07 Å². The molecular weight excluding hydrogens is 302 g/mol. The molecule has 6 heteroatoms. The molecule has 6 nitrogen and oxygen atoms in total. The summed E-state index contributed by atoms with van der Waals surface area (Å²) in [4.78, 5) is 9.81. The average molecular weight is 333 g/mol. The van der Waals surface area contributed by atoms with E-state index in [0.29, 0.717) is 5.41 Å². The zero-order valence-corrected chi connectivity index (χ0v) is 15.1. The molecule has 1 saturated heterocycles. The Labute approximate surface area is 145 Å². The van der Waals surface area contributed by atoms with E-state index < -0.39 is 0 Å². The van der Waals surface area contributed by atoms with Crippen molar-refractivity contribution in [2.45, 2.75) is 46.1 Å². The summed E-state index contributed by atoms with van der Waals surface area (Å²) >= 11 is 0. The minimum absolute atomic E-state index is 0.412. The maximum atomic E-state index is 4.98. The van der Waals surface area contributed by atoms with Gasteiger partial charge in [0.1, 0.15) is 6.26 Å². The highest BCUT2D eigenvalue weighted by molar-refractivity contribution is 5.80. The van der Waals surface area contributed by atoms with Crippen molar-refractivity contribution in [1.29, 1.82) is 0 Å². The molecule has 3 rings (SSSR count). The topological polar surface area (TPSA) is 56.9 Å². The van der Waals surface area contributed by atoms with Crippen LogP contribution in [-0.2, 0) is 6.54 Å². The van der Waals surface area contributed by atoms with Crippen LogP contribution in [-0.4, -0.2) is 60.2 Å². The van der Waals surface area contributed by atoms with Crippen LogP contribution in [0.25, 0.3) is 0 Å². The van der Waals surface area contributed by atoms with Gasteiger partial charge in [0.2, 0.25) is 0 Å². The van der Waals surface area contributed by atoms with Crippen LogP contribution in [0.3, 0.4) is 0 Å². The maximum absolute atomic E-state index is 4.98. The Morgan fingerprint density at radius 2 is 2.04 bits per heavy atom. The first-order valence-corrected chi connectivity index (χ1v) is 9.33. The Hall–Kier alpha value is -1.56. The molecule has 1 aliphatic heterocycles. The van der Waals surface area contributed by atoms with Crippen LogP contribution in [0.2, 0.25) is 0 Å². The van der Waals surface area contributed by atoms with Gasteiger partial charge < -0.3 is 14.7 Å². The highest BCUT2D eigenvalue weighted by Gasteiger charge is 2.29. The predicted molar refractivity (Wildman–Crippen MR) is 95.9 cm³/mol. The Morgan fingerprint density at radius 1 is 1.29 bits per heavy atom. The second-order valence-corrected chi connectivity index (χ2v) is 7.44. The number of nitrogens with one attached hydrogen (secondary N) is 1. The first-order chi connectivity index (χ1) is 11.7. The lowest BCUT2D eigenvalue weighted by Gasteiger charge is -2.36. The summed E-state index contributed by atoms with van der Waals surface area (Å²) in [6, 6.07) is 1.94. The first kappa shape index (κ1) is 17.3. The molecule has 0 bridgehead atoms. The monoisotopic (exact) mass is 333 g/mol. The van der Waals surface area contributed by atoms with Crippen molar-refractivity contribution >= 4 is 5.96 Å². The van der Waals surface area contributed by atoms with Crippen LogP contribution in [0.1, 0.15) is 45.2 Å². The molecule has 1 aromatic heterocycles. The molecule has 24 heavy (non-hydrogen) atoms. The van der Waals surface area contributed by atoms with E-state index in [9.17, 15) is 0 Å². The summed E-state index contributed by atoms with van der Waals surface area (Å²) in [5, 5.41) is 7.49. The van der Waals surface area contributed by atoms with E-state index in [0.717, 1.165) is 57.5 Å². The fraction of sp³-hybridized carbons (Fsp3) is 0.778. The van der Waals surface area contributed by atoms with E-state index in [2.05, 4.69) is 34.1 Å². The van der Waals surface area contributed by atoms with Gasteiger partial charge >= 0.3 is 0 Å². The van der Waals surface area contributed by atoms with E-state index in [1.165, 1.54) is 25.7 Å². The SMILES string of the molecule is CCNC(=NCC1(C)CCCC1)N1CCN(Cc2ccon2)CC1. The molecule has 2 aliphatic rings. The fourth-order valence-electron chi connectivity index (χ4n) is 3.74. The molecule has 2 fully saturated rings. The Morgan fingerprint density at radius 3 is 2.67 bits per heavy atom. The number of nitrogens with zero attached hydrogens (tertiary/aromatic N) is 4. The van der Waals surface area contributed by atoms with Gasteiger partial charge in [-0.15, -0.1) is 0 Å². The van der Waals surface area contributed by atoms with E-state index in [4.69, 9.17) is 9.52 Å². The molecule has 0 radical (unpaired) electrons. The highest BCUT2D eigenvalue weighted by Crippen LogP contribution is 2.37. The number of rotatable bonds is 5. The zero-order chi connectivity index (χ0) is 16.8. The summed E-state index contributed by atoms with van der Waals surface area (Å²) in [6.07, 6.45) is 7.01. The van der Waals surface area contributed by atoms with Gasteiger partial charge in [-0.05, 0) is 25.2 Å². The number of guanidine groups is 1. The van der Waals surface area contributed by atoms with Gasteiger partial charge in [-0.2, -0.15) is 0 Å².